The number of aromatic nitrogens is 6. The standard InChI is InChI=1S/C39H21N9/c40-22-31-13-4-16-34(43-31)25-7-1-10-28(19-25)37-46-38(29-11-2-8-26(20-29)35-17-5-14-32(23-41)44-35)48-39(47-37)30-12-3-9-27(21-30)36-18-6-15-33(24-42)45-36/h1-21H. The molecule has 0 aliphatic heterocycles. The Morgan fingerprint density at radius 1 is 0.312 bits per heavy atom. The Labute approximate surface area is 275 Å². The lowest BCUT2D eigenvalue weighted by Gasteiger charge is -2.11. The van der Waals surface area contributed by atoms with E-state index < -0.39 is 0 Å². The molecule has 9 nitrogen and oxygen atoms in total. The van der Waals surface area contributed by atoms with Crippen molar-refractivity contribution in [2.75, 3.05) is 0 Å². The molecule has 4 heterocycles. The minimum absolute atomic E-state index is 0.326. The Bertz CT molecular complexity index is 2180. The molecule has 48 heavy (non-hydrogen) atoms. The summed E-state index contributed by atoms with van der Waals surface area (Å²) in [6.45, 7) is 0. The number of hydrogen-bond acceptors (Lipinski definition) is 9. The Morgan fingerprint density at radius 3 is 0.875 bits per heavy atom. The highest BCUT2D eigenvalue weighted by molar-refractivity contribution is 5.75. The van der Waals surface area contributed by atoms with Crippen LogP contribution in [0.15, 0.2) is 127 Å². The van der Waals surface area contributed by atoms with Gasteiger partial charge in [-0.15, -0.1) is 0 Å². The maximum absolute atomic E-state index is 9.38. The van der Waals surface area contributed by atoms with E-state index in [2.05, 4.69) is 33.2 Å². The summed E-state index contributed by atoms with van der Waals surface area (Å²) in [6, 6.07) is 45.3. The van der Waals surface area contributed by atoms with Crippen LogP contribution >= 0.6 is 0 Å². The van der Waals surface area contributed by atoms with Crippen LogP contribution in [0.4, 0.5) is 0 Å². The van der Waals surface area contributed by atoms with Gasteiger partial charge in [0.1, 0.15) is 35.3 Å². The molecule has 7 aromatic rings. The van der Waals surface area contributed by atoms with Crippen molar-refractivity contribution < 1.29 is 0 Å². The lowest BCUT2D eigenvalue weighted by Crippen LogP contribution is -2.01. The van der Waals surface area contributed by atoms with Gasteiger partial charge in [-0.05, 0) is 54.6 Å². The second-order valence-corrected chi connectivity index (χ2v) is 10.6. The maximum atomic E-state index is 9.38. The Balaban J connectivity index is 1.38. The molecule has 0 saturated carbocycles. The van der Waals surface area contributed by atoms with Crippen molar-refractivity contribution >= 4 is 0 Å². The van der Waals surface area contributed by atoms with Crippen LogP contribution < -0.4 is 0 Å². The van der Waals surface area contributed by atoms with Gasteiger partial charge in [0, 0.05) is 33.4 Å². The normalized spacial score (nSPS) is 10.4. The molecule has 0 aliphatic rings. The molecule has 7 rings (SSSR count). The summed E-state index contributed by atoms with van der Waals surface area (Å²) in [5, 5.41) is 28.1. The van der Waals surface area contributed by atoms with Crippen molar-refractivity contribution in [1.82, 2.24) is 29.9 Å². The van der Waals surface area contributed by atoms with E-state index in [0.717, 1.165) is 33.4 Å². The monoisotopic (exact) mass is 615 g/mol. The van der Waals surface area contributed by atoms with Gasteiger partial charge in [-0.3, -0.25) is 0 Å². The quantitative estimate of drug-likeness (QED) is 0.184. The smallest absolute Gasteiger partial charge is 0.164 e. The van der Waals surface area contributed by atoms with Crippen molar-refractivity contribution in [3.8, 4) is 86.1 Å². The second-order valence-electron chi connectivity index (χ2n) is 10.6. The Hall–Kier alpha value is -7.41. The molecule has 0 N–H and O–H groups in total. The van der Waals surface area contributed by atoms with Gasteiger partial charge in [0.2, 0.25) is 0 Å². The van der Waals surface area contributed by atoms with E-state index in [1.54, 1.807) is 36.4 Å². The van der Waals surface area contributed by atoms with Crippen molar-refractivity contribution in [3.05, 3.63) is 144 Å². The van der Waals surface area contributed by atoms with Gasteiger partial charge >= 0.3 is 0 Å². The highest BCUT2D eigenvalue weighted by atomic mass is 15.0. The molecule has 0 atom stereocenters. The first-order valence-corrected chi connectivity index (χ1v) is 14.8. The van der Waals surface area contributed by atoms with E-state index in [0.29, 0.717) is 51.6 Å². The zero-order valence-corrected chi connectivity index (χ0v) is 25.1. The van der Waals surface area contributed by atoms with Crippen LogP contribution in [-0.2, 0) is 0 Å². The van der Waals surface area contributed by atoms with Gasteiger partial charge in [0.25, 0.3) is 0 Å². The highest BCUT2D eigenvalue weighted by Gasteiger charge is 2.15. The van der Waals surface area contributed by atoms with Gasteiger partial charge < -0.3 is 0 Å². The topological polar surface area (TPSA) is 149 Å². The van der Waals surface area contributed by atoms with Gasteiger partial charge in [0.15, 0.2) is 17.5 Å². The third kappa shape index (κ3) is 6.09. The summed E-state index contributed by atoms with van der Waals surface area (Å²) in [4.78, 5) is 28.2. The zero-order chi connectivity index (χ0) is 32.9. The Kier molecular flexibility index (Phi) is 7.88. The van der Waals surface area contributed by atoms with Crippen molar-refractivity contribution in [3.63, 3.8) is 0 Å². The summed E-state index contributed by atoms with van der Waals surface area (Å²) < 4.78 is 0. The first-order chi connectivity index (χ1) is 23.6. The number of benzene rings is 3. The maximum Gasteiger partial charge on any atom is 0.164 e. The average molecular weight is 616 g/mol. The molecule has 0 spiro atoms. The number of nitriles is 3. The molecule has 0 saturated heterocycles. The lowest BCUT2D eigenvalue weighted by molar-refractivity contribution is 1.07. The molecule has 0 fully saturated rings. The van der Waals surface area contributed by atoms with Crippen LogP contribution in [-0.4, -0.2) is 29.9 Å². The van der Waals surface area contributed by atoms with Crippen LogP contribution in [0.3, 0.4) is 0 Å². The molecular weight excluding hydrogens is 594 g/mol. The molecular formula is C39H21N9. The van der Waals surface area contributed by atoms with E-state index in [1.165, 1.54) is 0 Å². The van der Waals surface area contributed by atoms with Crippen LogP contribution in [0.2, 0.25) is 0 Å². The third-order valence-corrected chi connectivity index (χ3v) is 7.48. The zero-order valence-electron chi connectivity index (χ0n) is 25.1. The van der Waals surface area contributed by atoms with E-state index in [4.69, 9.17) is 15.0 Å². The van der Waals surface area contributed by atoms with Crippen LogP contribution in [0.1, 0.15) is 17.1 Å². The minimum Gasteiger partial charge on any atom is -0.237 e. The summed E-state index contributed by atoms with van der Waals surface area (Å²) in [5.74, 6) is 1.33. The number of hydrogen-bond donors (Lipinski definition) is 0. The van der Waals surface area contributed by atoms with Crippen LogP contribution in [0, 0.1) is 34.0 Å². The molecule has 4 aromatic heterocycles. The lowest BCUT2D eigenvalue weighted by atomic mass is 10.0. The molecule has 0 bridgehead atoms. The second kappa shape index (κ2) is 12.9. The molecule has 9 heteroatoms. The first-order valence-electron chi connectivity index (χ1n) is 14.8. The number of nitrogens with zero attached hydrogens (tertiary/aromatic N) is 9. The predicted octanol–water partition coefficient (Wildman–Crippen LogP) is 7.67. The van der Waals surface area contributed by atoms with E-state index in [9.17, 15) is 15.8 Å². The predicted molar refractivity (Wildman–Crippen MR) is 180 cm³/mol. The van der Waals surface area contributed by atoms with Crippen molar-refractivity contribution in [2.45, 2.75) is 0 Å². The van der Waals surface area contributed by atoms with Crippen LogP contribution in [0.5, 0.6) is 0 Å². The molecule has 0 aliphatic carbocycles. The molecule has 0 radical (unpaired) electrons. The highest BCUT2D eigenvalue weighted by Crippen LogP contribution is 2.30. The van der Waals surface area contributed by atoms with Gasteiger partial charge in [-0.2, -0.15) is 15.8 Å². The minimum atomic E-state index is 0.326. The molecule has 3 aromatic carbocycles. The Morgan fingerprint density at radius 2 is 0.583 bits per heavy atom. The van der Waals surface area contributed by atoms with Crippen LogP contribution in [0.25, 0.3) is 67.9 Å². The van der Waals surface area contributed by atoms with Crippen molar-refractivity contribution in [2.24, 2.45) is 0 Å². The largest absolute Gasteiger partial charge is 0.237 e. The molecule has 222 valence electrons. The summed E-state index contributed by atoms with van der Waals surface area (Å²) in [7, 11) is 0. The van der Waals surface area contributed by atoms with E-state index in [-0.39, 0.29) is 0 Å². The van der Waals surface area contributed by atoms with E-state index in [1.807, 2.05) is 91.0 Å². The molecule has 0 unspecified atom stereocenters. The summed E-state index contributed by atoms with van der Waals surface area (Å²) >= 11 is 0. The van der Waals surface area contributed by atoms with E-state index >= 15 is 0 Å². The fourth-order valence-electron chi connectivity index (χ4n) is 5.19. The van der Waals surface area contributed by atoms with Gasteiger partial charge in [-0.25, -0.2) is 29.9 Å². The fraction of sp³-hybridized carbons (Fsp3) is 0. The number of rotatable bonds is 6. The number of pyridine rings is 3. The SMILES string of the molecule is N#Cc1cccc(-c2cccc(-c3nc(-c4cccc(-c5cccc(C#N)n5)c4)nc(-c4cccc(-c5cccc(C#N)n5)c4)n3)c2)n1. The average Bonchev–Trinajstić information content (AvgIpc) is 3.18. The first kappa shape index (κ1) is 29.3. The van der Waals surface area contributed by atoms with Gasteiger partial charge in [-0.1, -0.05) is 72.8 Å². The summed E-state index contributed by atoms with van der Waals surface area (Å²) in [5.41, 5.74) is 7.59. The van der Waals surface area contributed by atoms with Crippen molar-refractivity contribution in [1.29, 1.82) is 15.8 Å². The van der Waals surface area contributed by atoms with Gasteiger partial charge in [0.05, 0.1) is 17.1 Å². The third-order valence-electron chi connectivity index (χ3n) is 7.48. The fourth-order valence-corrected chi connectivity index (χ4v) is 5.19. The molecule has 0 amide bonds. The summed E-state index contributed by atoms with van der Waals surface area (Å²) in [6.07, 6.45) is 0.